The maximum absolute atomic E-state index is 11.4. The van der Waals surface area contributed by atoms with Crippen molar-refractivity contribution in [2.24, 2.45) is 5.92 Å². The molecule has 0 saturated heterocycles. The van der Waals surface area contributed by atoms with Gasteiger partial charge >= 0.3 is 0 Å². The van der Waals surface area contributed by atoms with Crippen molar-refractivity contribution in [2.75, 3.05) is 7.11 Å². The second-order valence-corrected chi connectivity index (χ2v) is 8.92. The summed E-state index contributed by atoms with van der Waals surface area (Å²) in [6.07, 6.45) is 10.2. The molecule has 0 spiro atoms. The minimum Gasteiger partial charge on any atom is -0.496 e. The number of aliphatic hydroxyl groups excluding tert-OH is 1. The molecule has 2 aromatic heterocycles. The summed E-state index contributed by atoms with van der Waals surface area (Å²) < 4.78 is 7.53. The molecular formula is C25H30N2O2. The van der Waals surface area contributed by atoms with Gasteiger partial charge in [-0.1, -0.05) is 18.2 Å². The molecule has 2 aliphatic carbocycles. The SMILES string of the molecule is COc1ccc(C2CCC([C@@H](O)c3c(C4CC4)ccc4cncn34)CC2)cc1C. The second kappa shape index (κ2) is 7.49. The molecule has 1 N–H and O–H groups in total. The van der Waals surface area contributed by atoms with Gasteiger partial charge in [-0.2, -0.15) is 0 Å². The molecule has 2 heterocycles. The molecule has 29 heavy (non-hydrogen) atoms. The number of nitrogens with zero attached hydrogens (tertiary/aromatic N) is 2. The molecule has 0 unspecified atom stereocenters. The fourth-order valence-electron chi connectivity index (χ4n) is 5.23. The summed E-state index contributed by atoms with van der Waals surface area (Å²) >= 11 is 0. The maximum atomic E-state index is 11.4. The number of pyridine rings is 1. The molecule has 4 heteroatoms. The molecule has 152 valence electrons. The Morgan fingerprint density at radius 1 is 1.03 bits per heavy atom. The summed E-state index contributed by atoms with van der Waals surface area (Å²) in [5.41, 5.74) is 6.10. The Labute approximate surface area is 172 Å². The number of benzene rings is 1. The van der Waals surface area contributed by atoms with E-state index in [4.69, 9.17) is 4.74 Å². The van der Waals surface area contributed by atoms with E-state index < -0.39 is 6.10 Å². The van der Waals surface area contributed by atoms with Gasteiger partial charge in [0.05, 0.1) is 36.9 Å². The van der Waals surface area contributed by atoms with Crippen LogP contribution in [0, 0.1) is 12.8 Å². The number of aromatic nitrogens is 2. The van der Waals surface area contributed by atoms with Gasteiger partial charge < -0.3 is 14.2 Å². The molecule has 1 aromatic carbocycles. The molecule has 0 amide bonds. The number of hydrogen-bond donors (Lipinski definition) is 1. The molecule has 2 aliphatic rings. The van der Waals surface area contributed by atoms with Gasteiger partial charge in [0.15, 0.2) is 0 Å². The predicted octanol–water partition coefficient (Wildman–Crippen LogP) is 5.54. The summed E-state index contributed by atoms with van der Waals surface area (Å²) in [7, 11) is 1.73. The standard InChI is InChI=1S/C25H30N2O2/c1-16-13-20(9-12-23(16)29-2)17-3-7-19(8-4-17)25(28)24-22(18-5-6-18)11-10-21-14-26-15-27(21)24/h9-15,17-19,25,28H,3-8H2,1-2H3/t17?,19?,25-/m1/s1. The Hall–Kier alpha value is -2.33. The van der Waals surface area contributed by atoms with Crippen LogP contribution >= 0.6 is 0 Å². The van der Waals surface area contributed by atoms with Gasteiger partial charge in [0.25, 0.3) is 0 Å². The van der Waals surface area contributed by atoms with Crippen molar-refractivity contribution < 1.29 is 9.84 Å². The highest BCUT2D eigenvalue weighted by Crippen LogP contribution is 2.47. The normalized spacial score (nSPS) is 23.3. The highest BCUT2D eigenvalue weighted by atomic mass is 16.5. The Kier molecular flexibility index (Phi) is 4.83. The average Bonchev–Trinajstić information content (AvgIpc) is 3.49. The van der Waals surface area contributed by atoms with Crippen molar-refractivity contribution in [2.45, 2.75) is 63.4 Å². The number of ether oxygens (including phenoxy) is 1. The smallest absolute Gasteiger partial charge is 0.121 e. The first kappa shape index (κ1) is 18.7. The molecule has 2 fully saturated rings. The fraction of sp³-hybridized carbons (Fsp3) is 0.480. The number of methoxy groups -OCH3 is 1. The second-order valence-electron chi connectivity index (χ2n) is 8.92. The summed E-state index contributed by atoms with van der Waals surface area (Å²) in [5, 5.41) is 11.4. The van der Waals surface area contributed by atoms with Gasteiger partial charge in [0.1, 0.15) is 5.75 Å². The van der Waals surface area contributed by atoms with E-state index in [2.05, 4.69) is 46.6 Å². The van der Waals surface area contributed by atoms with E-state index in [1.807, 2.05) is 12.5 Å². The van der Waals surface area contributed by atoms with Crippen molar-refractivity contribution in [3.05, 3.63) is 65.2 Å². The van der Waals surface area contributed by atoms with Crippen LogP contribution in [0.25, 0.3) is 5.52 Å². The van der Waals surface area contributed by atoms with Gasteiger partial charge in [-0.25, -0.2) is 4.98 Å². The molecule has 2 saturated carbocycles. The summed E-state index contributed by atoms with van der Waals surface area (Å²) in [6, 6.07) is 10.9. The Balaban J connectivity index is 1.35. The van der Waals surface area contributed by atoms with Crippen LogP contribution in [0.3, 0.4) is 0 Å². The van der Waals surface area contributed by atoms with E-state index in [1.54, 1.807) is 7.11 Å². The molecule has 1 atom stereocenters. The number of rotatable bonds is 5. The van der Waals surface area contributed by atoms with Crippen molar-refractivity contribution in [3.8, 4) is 5.75 Å². The lowest BCUT2D eigenvalue weighted by molar-refractivity contribution is 0.0754. The molecular weight excluding hydrogens is 360 g/mol. The van der Waals surface area contributed by atoms with Crippen molar-refractivity contribution in [1.29, 1.82) is 0 Å². The maximum Gasteiger partial charge on any atom is 0.121 e. The number of aliphatic hydroxyl groups is 1. The lowest BCUT2D eigenvalue weighted by Gasteiger charge is -2.33. The largest absolute Gasteiger partial charge is 0.496 e. The monoisotopic (exact) mass is 390 g/mol. The summed E-state index contributed by atoms with van der Waals surface area (Å²) in [5.74, 6) is 2.47. The lowest BCUT2D eigenvalue weighted by atomic mass is 9.75. The topological polar surface area (TPSA) is 46.8 Å². The van der Waals surface area contributed by atoms with Crippen molar-refractivity contribution in [3.63, 3.8) is 0 Å². The first-order valence-electron chi connectivity index (χ1n) is 10.9. The zero-order valence-corrected chi connectivity index (χ0v) is 17.3. The third kappa shape index (κ3) is 3.44. The molecule has 0 aliphatic heterocycles. The van der Waals surface area contributed by atoms with Crippen LogP contribution in [-0.4, -0.2) is 21.6 Å². The number of aryl methyl sites for hydroxylation is 1. The van der Waals surface area contributed by atoms with Gasteiger partial charge in [-0.3, -0.25) is 0 Å². The quantitative estimate of drug-likeness (QED) is 0.622. The predicted molar refractivity (Wildman–Crippen MR) is 115 cm³/mol. The van der Waals surface area contributed by atoms with Crippen LogP contribution in [0.2, 0.25) is 0 Å². The van der Waals surface area contributed by atoms with Crippen LogP contribution in [-0.2, 0) is 0 Å². The third-order valence-electron chi connectivity index (χ3n) is 7.06. The van der Waals surface area contributed by atoms with Gasteiger partial charge in [0.2, 0.25) is 0 Å². The number of fused-ring (bicyclic) bond motifs is 1. The van der Waals surface area contributed by atoms with E-state index in [1.165, 1.54) is 29.5 Å². The zero-order valence-electron chi connectivity index (χ0n) is 17.3. The minimum absolute atomic E-state index is 0.316. The Morgan fingerprint density at radius 2 is 1.79 bits per heavy atom. The average molecular weight is 391 g/mol. The van der Waals surface area contributed by atoms with E-state index in [9.17, 15) is 5.11 Å². The van der Waals surface area contributed by atoms with Gasteiger partial charge in [0, 0.05) is 0 Å². The van der Waals surface area contributed by atoms with Crippen molar-refractivity contribution >= 4 is 5.52 Å². The van der Waals surface area contributed by atoms with Crippen LogP contribution in [0.15, 0.2) is 42.9 Å². The van der Waals surface area contributed by atoms with E-state index in [0.29, 0.717) is 17.8 Å². The number of hydrogen-bond acceptors (Lipinski definition) is 3. The molecule has 0 radical (unpaired) electrons. The minimum atomic E-state index is -0.415. The molecule has 0 bridgehead atoms. The molecule has 5 rings (SSSR count). The van der Waals surface area contributed by atoms with Crippen LogP contribution < -0.4 is 4.74 Å². The molecule has 3 aromatic rings. The fourth-order valence-corrected chi connectivity index (χ4v) is 5.23. The van der Waals surface area contributed by atoms with Gasteiger partial charge in [-0.15, -0.1) is 0 Å². The first-order valence-corrected chi connectivity index (χ1v) is 10.9. The Bertz CT molecular complexity index is 1010. The molecule has 4 nitrogen and oxygen atoms in total. The highest BCUT2D eigenvalue weighted by molar-refractivity contribution is 5.50. The zero-order chi connectivity index (χ0) is 20.0. The van der Waals surface area contributed by atoms with Crippen LogP contribution in [0.1, 0.15) is 78.8 Å². The van der Waals surface area contributed by atoms with Crippen LogP contribution in [0.5, 0.6) is 5.75 Å². The first-order chi connectivity index (χ1) is 14.2. The van der Waals surface area contributed by atoms with Crippen LogP contribution in [0.4, 0.5) is 0 Å². The summed E-state index contributed by atoms with van der Waals surface area (Å²) in [6.45, 7) is 2.11. The van der Waals surface area contributed by atoms with E-state index in [0.717, 1.165) is 42.6 Å². The van der Waals surface area contributed by atoms with E-state index in [-0.39, 0.29) is 0 Å². The lowest BCUT2D eigenvalue weighted by Crippen LogP contribution is -2.22. The van der Waals surface area contributed by atoms with E-state index >= 15 is 0 Å². The third-order valence-corrected chi connectivity index (χ3v) is 7.06. The highest BCUT2D eigenvalue weighted by Gasteiger charge is 2.34. The van der Waals surface area contributed by atoms with Gasteiger partial charge in [-0.05, 0) is 92.0 Å². The van der Waals surface area contributed by atoms with Crippen molar-refractivity contribution in [1.82, 2.24) is 9.38 Å². The summed E-state index contributed by atoms with van der Waals surface area (Å²) in [4.78, 5) is 4.33. The Morgan fingerprint density at radius 3 is 2.48 bits per heavy atom. The number of imidazole rings is 1.